The second-order valence-corrected chi connectivity index (χ2v) is 4.43. The molecule has 0 atom stereocenters. The van der Waals surface area contributed by atoms with Gasteiger partial charge < -0.3 is 10.4 Å². The number of alkyl halides is 3. The number of anilines is 1. The van der Waals surface area contributed by atoms with Gasteiger partial charge in [0.1, 0.15) is 12.3 Å². The monoisotopic (exact) mass is 366 g/mol. The Labute approximate surface area is 124 Å². The van der Waals surface area contributed by atoms with Crippen molar-refractivity contribution in [1.82, 2.24) is 0 Å². The average Bonchev–Trinajstić information content (AvgIpc) is 2.36. The lowest BCUT2D eigenvalue weighted by Crippen LogP contribution is -2.30. The van der Waals surface area contributed by atoms with E-state index in [4.69, 9.17) is 5.11 Å². The second kappa shape index (κ2) is 6.55. The molecule has 6 nitrogen and oxygen atoms in total. The lowest BCUT2D eigenvalue weighted by atomic mass is 10.1. The Kier molecular flexibility index (Phi) is 5.28. The first-order valence-electron chi connectivity index (χ1n) is 5.12. The molecule has 1 amide bonds. The number of halogens is 4. The summed E-state index contributed by atoms with van der Waals surface area (Å²) in [6.45, 7) is -0.604. The number of aliphatic hydroxyl groups excluding tert-OH is 1. The lowest BCUT2D eigenvalue weighted by molar-refractivity contribution is -0.384. The Bertz CT molecular complexity index is 649. The van der Waals surface area contributed by atoms with Gasteiger partial charge >= 0.3 is 12.1 Å². The number of amides is 1. The number of nitro groups is 1. The van der Waals surface area contributed by atoms with Crippen LogP contribution in [0.3, 0.4) is 0 Å². The van der Waals surface area contributed by atoms with Gasteiger partial charge in [0.25, 0.3) is 5.69 Å². The predicted molar refractivity (Wildman–Crippen MR) is 69.4 cm³/mol. The second-order valence-electron chi connectivity index (χ2n) is 3.52. The third kappa shape index (κ3) is 4.44. The van der Waals surface area contributed by atoms with Crippen molar-refractivity contribution < 1.29 is 28.0 Å². The van der Waals surface area contributed by atoms with Crippen molar-refractivity contribution in [2.24, 2.45) is 0 Å². The molecule has 0 aliphatic carbocycles. The van der Waals surface area contributed by atoms with Crippen molar-refractivity contribution in [1.29, 1.82) is 0 Å². The first kappa shape index (κ1) is 16.9. The Morgan fingerprint density at radius 1 is 1.48 bits per heavy atom. The molecule has 0 aliphatic rings. The zero-order valence-electron chi connectivity index (χ0n) is 9.99. The molecule has 112 valence electrons. The third-order valence-electron chi connectivity index (χ3n) is 2.08. The van der Waals surface area contributed by atoms with Crippen molar-refractivity contribution in [3.63, 3.8) is 0 Å². The molecule has 1 aromatic carbocycles. The highest BCUT2D eigenvalue weighted by molar-refractivity contribution is 9.10. The summed E-state index contributed by atoms with van der Waals surface area (Å²) in [6.07, 6.45) is -5.21. The van der Waals surface area contributed by atoms with E-state index in [9.17, 15) is 28.1 Å². The Hall–Kier alpha value is -2.12. The normalized spacial score (nSPS) is 10.5. The van der Waals surface area contributed by atoms with Crippen LogP contribution in [0, 0.1) is 22.0 Å². The summed E-state index contributed by atoms with van der Waals surface area (Å²) in [6, 6.07) is 2.11. The molecular weight excluding hydrogens is 361 g/mol. The molecule has 0 spiro atoms. The van der Waals surface area contributed by atoms with E-state index in [0.29, 0.717) is 0 Å². The maximum atomic E-state index is 12.3. The first-order chi connectivity index (χ1) is 9.66. The molecule has 0 aliphatic heterocycles. The zero-order chi connectivity index (χ0) is 16.2. The number of nitrogens with one attached hydrogen (secondary N) is 1. The molecule has 21 heavy (non-hydrogen) atoms. The highest BCUT2D eigenvalue weighted by Gasteiger charge is 2.40. The summed E-state index contributed by atoms with van der Waals surface area (Å²) >= 11 is 2.94. The van der Waals surface area contributed by atoms with Crippen molar-refractivity contribution in [3.05, 3.63) is 32.3 Å². The highest BCUT2D eigenvalue weighted by atomic mass is 79.9. The van der Waals surface area contributed by atoms with Gasteiger partial charge in [-0.05, 0) is 6.07 Å². The molecule has 0 unspecified atom stereocenters. The number of carbonyl (C=O) groups is 1. The Balaban J connectivity index is 3.44. The first-order valence-corrected chi connectivity index (χ1v) is 5.92. The van der Waals surface area contributed by atoms with Gasteiger partial charge in [0.2, 0.25) is 0 Å². The van der Waals surface area contributed by atoms with Crippen LogP contribution in [0.1, 0.15) is 5.56 Å². The maximum absolute atomic E-state index is 12.3. The number of nitro benzene ring substituents is 1. The van der Waals surface area contributed by atoms with Crippen LogP contribution in [-0.4, -0.2) is 28.7 Å². The van der Waals surface area contributed by atoms with E-state index < -0.39 is 35.0 Å². The van der Waals surface area contributed by atoms with E-state index in [1.54, 1.807) is 0 Å². The largest absolute Gasteiger partial charge is 0.471 e. The Morgan fingerprint density at radius 2 is 2.10 bits per heavy atom. The van der Waals surface area contributed by atoms with Crippen LogP contribution in [0.5, 0.6) is 0 Å². The highest BCUT2D eigenvalue weighted by Crippen LogP contribution is 2.33. The number of hydrogen-bond acceptors (Lipinski definition) is 4. The Morgan fingerprint density at radius 3 is 2.57 bits per heavy atom. The van der Waals surface area contributed by atoms with Crippen molar-refractivity contribution in [2.45, 2.75) is 6.18 Å². The van der Waals surface area contributed by atoms with Gasteiger partial charge in [0.15, 0.2) is 0 Å². The van der Waals surface area contributed by atoms with Crippen LogP contribution in [0.4, 0.5) is 24.5 Å². The number of rotatable bonds is 2. The van der Waals surface area contributed by atoms with Crippen LogP contribution in [-0.2, 0) is 4.79 Å². The molecule has 0 fully saturated rings. The molecule has 0 bridgehead atoms. The van der Waals surface area contributed by atoms with Crippen LogP contribution in [0.25, 0.3) is 0 Å². The minimum absolute atomic E-state index is 0.182. The SMILES string of the molecule is O=C(Nc1c(C#CCO)cc(Br)cc1[N+](=O)[O-])C(F)(F)F. The number of nitrogens with zero attached hydrogens (tertiary/aromatic N) is 1. The molecule has 0 saturated carbocycles. The molecule has 1 rings (SSSR count). The van der Waals surface area contributed by atoms with Gasteiger partial charge in [0.05, 0.1) is 10.5 Å². The number of carbonyl (C=O) groups excluding carboxylic acids is 1. The molecule has 0 heterocycles. The molecule has 1 aromatic rings. The van der Waals surface area contributed by atoms with Gasteiger partial charge in [-0.1, -0.05) is 27.8 Å². The summed E-state index contributed by atoms with van der Waals surface area (Å²) in [5, 5.41) is 20.9. The van der Waals surface area contributed by atoms with Crippen molar-refractivity contribution >= 4 is 33.2 Å². The summed E-state index contributed by atoms with van der Waals surface area (Å²) in [7, 11) is 0. The van der Waals surface area contributed by atoms with Crippen LogP contribution in [0.15, 0.2) is 16.6 Å². The van der Waals surface area contributed by atoms with Gasteiger partial charge in [-0.3, -0.25) is 14.9 Å². The van der Waals surface area contributed by atoms with E-state index in [1.807, 2.05) is 0 Å². The average molecular weight is 367 g/mol. The predicted octanol–water partition coefficient (Wildman–Crippen LogP) is 2.20. The standard InChI is InChI=1S/C11H6BrF3N2O4/c12-7-4-6(2-1-3-18)9(8(5-7)17(20)21)16-10(19)11(13,14)15/h4-5,18H,3H2,(H,16,19). The van der Waals surface area contributed by atoms with Gasteiger partial charge in [-0.2, -0.15) is 13.2 Å². The quantitative estimate of drug-likeness (QED) is 0.476. The van der Waals surface area contributed by atoms with E-state index in [-0.39, 0.29) is 10.0 Å². The maximum Gasteiger partial charge on any atom is 0.471 e. The minimum Gasteiger partial charge on any atom is -0.384 e. The van der Waals surface area contributed by atoms with Crippen molar-refractivity contribution in [3.8, 4) is 11.8 Å². The van der Waals surface area contributed by atoms with Gasteiger partial charge in [-0.15, -0.1) is 0 Å². The van der Waals surface area contributed by atoms with Gasteiger partial charge in [0, 0.05) is 10.5 Å². The van der Waals surface area contributed by atoms with E-state index in [2.05, 4.69) is 27.8 Å². The fraction of sp³-hybridized carbons (Fsp3) is 0.182. The van der Waals surface area contributed by atoms with Gasteiger partial charge in [-0.25, -0.2) is 0 Å². The van der Waals surface area contributed by atoms with Crippen LogP contribution in [0.2, 0.25) is 0 Å². The van der Waals surface area contributed by atoms with E-state index >= 15 is 0 Å². The molecule has 10 heteroatoms. The summed E-state index contributed by atoms with van der Waals surface area (Å²) < 4.78 is 37.0. The van der Waals surface area contributed by atoms with Crippen LogP contribution < -0.4 is 5.32 Å². The molecule has 0 saturated heterocycles. The summed E-state index contributed by atoms with van der Waals surface area (Å²) in [4.78, 5) is 20.9. The third-order valence-corrected chi connectivity index (χ3v) is 2.53. The molecule has 0 aromatic heterocycles. The smallest absolute Gasteiger partial charge is 0.384 e. The fourth-order valence-electron chi connectivity index (χ4n) is 1.29. The summed E-state index contributed by atoms with van der Waals surface area (Å²) in [5.74, 6) is 2.02. The fourth-order valence-corrected chi connectivity index (χ4v) is 1.73. The topological polar surface area (TPSA) is 92.5 Å². The minimum atomic E-state index is -5.21. The number of aliphatic hydroxyl groups is 1. The molecule has 0 radical (unpaired) electrons. The number of benzene rings is 1. The summed E-state index contributed by atoms with van der Waals surface area (Å²) in [5.41, 5.74) is -1.68. The van der Waals surface area contributed by atoms with Crippen LogP contribution >= 0.6 is 15.9 Å². The molecule has 2 N–H and O–H groups in total. The zero-order valence-corrected chi connectivity index (χ0v) is 11.6. The number of hydrogen-bond donors (Lipinski definition) is 2. The van der Waals surface area contributed by atoms with E-state index in [1.165, 1.54) is 11.4 Å². The molecular formula is C11H6BrF3N2O4. The van der Waals surface area contributed by atoms with Crippen molar-refractivity contribution in [2.75, 3.05) is 11.9 Å². The van der Waals surface area contributed by atoms with E-state index in [0.717, 1.165) is 6.07 Å². The lowest BCUT2D eigenvalue weighted by Gasteiger charge is -2.10.